The number of H-pyrrole nitrogens is 1. The van der Waals surface area contributed by atoms with Gasteiger partial charge in [-0.05, 0) is 11.8 Å². The fourth-order valence-corrected chi connectivity index (χ4v) is 2.69. The molecule has 2 unspecified atom stereocenters. The largest absolute Gasteiger partial charge is 0.366 e. The zero-order valence-corrected chi connectivity index (χ0v) is 9.05. The summed E-state index contributed by atoms with van der Waals surface area (Å²) in [7, 11) is 0. The predicted molar refractivity (Wildman–Crippen MR) is 60.9 cm³/mol. The Balaban J connectivity index is 1.62. The number of fused-ring (bicyclic) bond motifs is 2. The van der Waals surface area contributed by atoms with Gasteiger partial charge < -0.3 is 10.6 Å². The van der Waals surface area contributed by atoms with E-state index >= 15 is 0 Å². The SMILES string of the molecule is O=c1[nH]nc2cc(NC3C4CNCC43)ncn12. The van der Waals surface area contributed by atoms with Gasteiger partial charge in [-0.15, -0.1) is 0 Å². The van der Waals surface area contributed by atoms with E-state index in [0.29, 0.717) is 11.7 Å². The third-order valence-electron chi connectivity index (χ3n) is 3.72. The van der Waals surface area contributed by atoms with Crippen LogP contribution in [0.5, 0.6) is 0 Å². The van der Waals surface area contributed by atoms with Crippen LogP contribution < -0.4 is 16.3 Å². The van der Waals surface area contributed by atoms with Crippen molar-refractivity contribution in [3.8, 4) is 0 Å². The van der Waals surface area contributed by atoms with Crippen LogP contribution in [0, 0.1) is 11.8 Å². The zero-order valence-electron chi connectivity index (χ0n) is 9.05. The lowest BCUT2D eigenvalue weighted by Crippen LogP contribution is -2.22. The highest BCUT2D eigenvalue weighted by molar-refractivity contribution is 5.50. The van der Waals surface area contributed by atoms with Crippen molar-refractivity contribution in [1.82, 2.24) is 24.9 Å². The van der Waals surface area contributed by atoms with Gasteiger partial charge in [-0.1, -0.05) is 0 Å². The van der Waals surface area contributed by atoms with Gasteiger partial charge in [0.2, 0.25) is 0 Å². The van der Waals surface area contributed by atoms with Gasteiger partial charge in [-0.25, -0.2) is 19.3 Å². The Morgan fingerprint density at radius 2 is 2.24 bits per heavy atom. The van der Waals surface area contributed by atoms with Gasteiger partial charge in [0, 0.05) is 25.2 Å². The standard InChI is InChI=1S/C10H12N6O/c17-10-15-14-8-1-7(12-4-16(8)10)13-9-5-2-11-3-6(5)9/h1,4-6,9,11,13H,2-3H2,(H,15,17). The zero-order chi connectivity index (χ0) is 11.4. The first-order valence-electron chi connectivity index (χ1n) is 5.73. The van der Waals surface area contributed by atoms with Crippen LogP contribution >= 0.6 is 0 Å². The van der Waals surface area contributed by atoms with Crippen LogP contribution in [0.2, 0.25) is 0 Å². The molecule has 17 heavy (non-hydrogen) atoms. The molecule has 88 valence electrons. The summed E-state index contributed by atoms with van der Waals surface area (Å²) in [5.41, 5.74) is 0.336. The number of piperidine rings is 1. The molecule has 1 aliphatic carbocycles. The van der Waals surface area contributed by atoms with Gasteiger partial charge in [0.25, 0.3) is 0 Å². The Kier molecular flexibility index (Phi) is 1.66. The van der Waals surface area contributed by atoms with Gasteiger partial charge in [-0.3, -0.25) is 0 Å². The number of nitrogens with one attached hydrogen (secondary N) is 3. The summed E-state index contributed by atoms with van der Waals surface area (Å²) >= 11 is 0. The molecule has 0 aromatic carbocycles. The van der Waals surface area contributed by atoms with Crippen LogP contribution in [0.3, 0.4) is 0 Å². The molecule has 4 rings (SSSR count). The molecule has 2 atom stereocenters. The second-order valence-electron chi connectivity index (χ2n) is 4.69. The Morgan fingerprint density at radius 1 is 1.41 bits per heavy atom. The molecule has 2 aromatic heterocycles. The molecule has 1 saturated heterocycles. The fourth-order valence-electron chi connectivity index (χ4n) is 2.69. The van der Waals surface area contributed by atoms with Crippen LogP contribution in [0.1, 0.15) is 0 Å². The number of hydrogen-bond acceptors (Lipinski definition) is 5. The summed E-state index contributed by atoms with van der Waals surface area (Å²) in [6.45, 7) is 2.18. The van der Waals surface area contributed by atoms with E-state index in [9.17, 15) is 4.79 Å². The van der Waals surface area contributed by atoms with Crippen molar-refractivity contribution in [1.29, 1.82) is 0 Å². The molecule has 0 radical (unpaired) electrons. The second kappa shape index (κ2) is 3.07. The quantitative estimate of drug-likeness (QED) is 0.621. The lowest BCUT2D eigenvalue weighted by atomic mass is 10.4. The van der Waals surface area contributed by atoms with Crippen LogP contribution in [0.25, 0.3) is 5.65 Å². The van der Waals surface area contributed by atoms with E-state index in [1.165, 1.54) is 10.7 Å². The third kappa shape index (κ3) is 1.29. The number of rotatable bonds is 2. The summed E-state index contributed by atoms with van der Waals surface area (Å²) in [6.07, 6.45) is 1.50. The monoisotopic (exact) mass is 232 g/mol. The van der Waals surface area contributed by atoms with Crippen molar-refractivity contribution < 1.29 is 0 Å². The minimum Gasteiger partial charge on any atom is -0.366 e. The van der Waals surface area contributed by atoms with E-state index in [0.717, 1.165) is 30.7 Å². The fraction of sp³-hybridized carbons (Fsp3) is 0.500. The molecular formula is C10H12N6O. The maximum atomic E-state index is 11.3. The number of hydrogen-bond donors (Lipinski definition) is 3. The van der Waals surface area contributed by atoms with Crippen LogP contribution in [-0.4, -0.2) is 38.7 Å². The molecule has 1 saturated carbocycles. The van der Waals surface area contributed by atoms with E-state index in [-0.39, 0.29) is 5.69 Å². The maximum Gasteiger partial charge on any atom is 0.348 e. The van der Waals surface area contributed by atoms with Crippen LogP contribution in [-0.2, 0) is 0 Å². The van der Waals surface area contributed by atoms with E-state index in [4.69, 9.17) is 0 Å². The molecule has 2 fully saturated rings. The summed E-state index contributed by atoms with van der Waals surface area (Å²) in [4.78, 5) is 15.5. The molecule has 3 heterocycles. The smallest absolute Gasteiger partial charge is 0.348 e. The highest BCUT2D eigenvalue weighted by Crippen LogP contribution is 2.43. The number of nitrogens with zero attached hydrogens (tertiary/aromatic N) is 3. The van der Waals surface area contributed by atoms with E-state index < -0.39 is 0 Å². The first kappa shape index (κ1) is 9.17. The van der Waals surface area contributed by atoms with Gasteiger partial charge in [0.1, 0.15) is 12.1 Å². The van der Waals surface area contributed by atoms with Crippen LogP contribution in [0.15, 0.2) is 17.2 Å². The van der Waals surface area contributed by atoms with Gasteiger partial charge in [0.15, 0.2) is 5.65 Å². The molecule has 3 N–H and O–H groups in total. The highest BCUT2D eigenvalue weighted by Gasteiger charge is 2.53. The number of aromatic nitrogens is 4. The van der Waals surface area contributed by atoms with E-state index in [1.807, 2.05) is 0 Å². The van der Waals surface area contributed by atoms with Crippen LogP contribution in [0.4, 0.5) is 5.82 Å². The average Bonchev–Trinajstić information content (AvgIpc) is 2.72. The van der Waals surface area contributed by atoms with Gasteiger partial charge in [-0.2, -0.15) is 5.10 Å². The molecule has 1 aliphatic heterocycles. The second-order valence-corrected chi connectivity index (χ2v) is 4.69. The lowest BCUT2D eigenvalue weighted by Gasteiger charge is -2.07. The van der Waals surface area contributed by atoms with Crippen molar-refractivity contribution in [2.45, 2.75) is 6.04 Å². The molecule has 7 nitrogen and oxygen atoms in total. The third-order valence-corrected chi connectivity index (χ3v) is 3.72. The summed E-state index contributed by atoms with van der Waals surface area (Å²) in [6, 6.07) is 2.32. The first-order chi connectivity index (χ1) is 8.33. The Hall–Kier alpha value is -1.89. The molecule has 2 aliphatic rings. The Labute approximate surface area is 96.3 Å². The van der Waals surface area contributed by atoms with E-state index in [1.54, 1.807) is 6.07 Å². The van der Waals surface area contributed by atoms with Crippen molar-refractivity contribution in [3.63, 3.8) is 0 Å². The molecular weight excluding hydrogens is 220 g/mol. The van der Waals surface area contributed by atoms with Gasteiger partial charge in [0.05, 0.1) is 0 Å². The van der Waals surface area contributed by atoms with Crippen molar-refractivity contribution in [2.24, 2.45) is 11.8 Å². The minimum absolute atomic E-state index is 0.258. The predicted octanol–water partition coefficient (Wildman–Crippen LogP) is -0.953. The van der Waals surface area contributed by atoms with Crippen molar-refractivity contribution in [2.75, 3.05) is 18.4 Å². The molecule has 0 bridgehead atoms. The Bertz CT molecular complexity index is 621. The average molecular weight is 232 g/mol. The van der Waals surface area contributed by atoms with E-state index in [2.05, 4.69) is 25.8 Å². The summed E-state index contributed by atoms with van der Waals surface area (Å²) < 4.78 is 1.39. The molecule has 2 aromatic rings. The topological polar surface area (TPSA) is 87.1 Å². The maximum absolute atomic E-state index is 11.3. The highest BCUT2D eigenvalue weighted by atomic mass is 16.1. The minimum atomic E-state index is -0.258. The lowest BCUT2D eigenvalue weighted by molar-refractivity contribution is 0.695. The number of anilines is 1. The molecule has 7 heteroatoms. The first-order valence-corrected chi connectivity index (χ1v) is 5.73. The summed E-state index contributed by atoms with van der Waals surface area (Å²) in [5.74, 6) is 2.25. The Morgan fingerprint density at radius 3 is 3.06 bits per heavy atom. The van der Waals surface area contributed by atoms with Gasteiger partial charge >= 0.3 is 5.69 Å². The molecule has 0 amide bonds. The molecule has 0 spiro atoms. The van der Waals surface area contributed by atoms with Crippen molar-refractivity contribution >= 4 is 11.5 Å². The normalized spacial score (nSPS) is 30.5. The number of aromatic amines is 1. The van der Waals surface area contributed by atoms with Crippen molar-refractivity contribution in [3.05, 3.63) is 22.9 Å². The summed E-state index contributed by atoms with van der Waals surface area (Å²) in [5, 5.41) is 13.1.